The Labute approximate surface area is 133 Å². The van der Waals surface area contributed by atoms with Gasteiger partial charge in [-0.1, -0.05) is 22.9 Å². The van der Waals surface area contributed by atoms with Crippen LogP contribution >= 0.6 is 15.9 Å². The summed E-state index contributed by atoms with van der Waals surface area (Å²) >= 11 is 3.48. The van der Waals surface area contributed by atoms with E-state index in [0.717, 1.165) is 16.6 Å². The highest BCUT2D eigenvalue weighted by Crippen LogP contribution is 2.30. The highest BCUT2D eigenvalue weighted by molar-refractivity contribution is 9.10. The average molecular weight is 351 g/mol. The molecule has 0 radical (unpaired) electrons. The first-order valence-electron chi connectivity index (χ1n) is 6.83. The first kappa shape index (κ1) is 15.6. The van der Waals surface area contributed by atoms with Crippen molar-refractivity contribution in [3.05, 3.63) is 34.6 Å². The number of aromatic nitrogens is 2. The maximum atomic E-state index is 6.08. The third-order valence-corrected chi connectivity index (χ3v) is 3.39. The fourth-order valence-electron chi connectivity index (χ4n) is 1.90. The Hall–Kier alpha value is -1.82. The number of hydrogen-bond donors (Lipinski definition) is 2. The van der Waals surface area contributed by atoms with E-state index in [1.165, 1.54) is 11.9 Å². The third-order valence-electron chi connectivity index (χ3n) is 2.90. The van der Waals surface area contributed by atoms with Gasteiger partial charge in [0.05, 0.1) is 6.10 Å². The van der Waals surface area contributed by atoms with Crippen LogP contribution in [0.15, 0.2) is 29.0 Å². The summed E-state index contributed by atoms with van der Waals surface area (Å²) in [5.41, 5.74) is 8.64. The van der Waals surface area contributed by atoms with E-state index in [1.807, 2.05) is 26.0 Å². The van der Waals surface area contributed by atoms with E-state index in [2.05, 4.69) is 44.2 Å². The lowest BCUT2D eigenvalue weighted by atomic mass is 10.1. The Kier molecular flexibility index (Phi) is 5.01. The summed E-state index contributed by atoms with van der Waals surface area (Å²) in [5.74, 6) is 0.954. The first-order chi connectivity index (χ1) is 10.0. The number of nitrogen functional groups attached to an aromatic ring is 1. The van der Waals surface area contributed by atoms with E-state index >= 15 is 0 Å². The molecule has 0 saturated heterocycles. The van der Waals surface area contributed by atoms with Gasteiger partial charge in [0.2, 0.25) is 5.88 Å². The van der Waals surface area contributed by atoms with Crippen molar-refractivity contribution >= 4 is 33.1 Å². The number of nitrogens with zero attached hydrogens (tertiary/aromatic N) is 2. The maximum Gasteiger partial charge on any atom is 0.242 e. The summed E-state index contributed by atoms with van der Waals surface area (Å²) in [5, 5.41) is 3.26. The molecule has 0 amide bonds. The zero-order valence-corrected chi connectivity index (χ0v) is 13.9. The monoisotopic (exact) mass is 350 g/mol. The summed E-state index contributed by atoms with van der Waals surface area (Å²) in [6, 6.07) is 6.04. The van der Waals surface area contributed by atoms with Crippen molar-refractivity contribution in [2.75, 3.05) is 11.1 Å². The van der Waals surface area contributed by atoms with Crippen molar-refractivity contribution in [3.8, 4) is 5.88 Å². The SMILES string of the molecule is CCc1cc(Br)ccc1Nc1ncnc(OC(C)C)c1N. The molecular formula is C15H19BrN4O. The first-order valence-corrected chi connectivity index (χ1v) is 7.63. The zero-order chi connectivity index (χ0) is 15.4. The molecule has 1 heterocycles. The molecule has 0 unspecified atom stereocenters. The molecule has 1 aromatic carbocycles. The van der Waals surface area contributed by atoms with E-state index in [0.29, 0.717) is 17.4 Å². The summed E-state index contributed by atoms with van der Waals surface area (Å²) in [6.07, 6.45) is 2.36. The number of benzene rings is 1. The highest BCUT2D eigenvalue weighted by atomic mass is 79.9. The minimum absolute atomic E-state index is 0.00827. The van der Waals surface area contributed by atoms with Crippen LogP contribution in [0.2, 0.25) is 0 Å². The second-order valence-corrected chi connectivity index (χ2v) is 5.80. The van der Waals surface area contributed by atoms with E-state index in [1.54, 1.807) is 0 Å². The van der Waals surface area contributed by atoms with Crippen LogP contribution in [-0.4, -0.2) is 16.1 Å². The number of halogens is 1. The van der Waals surface area contributed by atoms with Gasteiger partial charge in [0.25, 0.3) is 0 Å². The van der Waals surface area contributed by atoms with Crippen LogP contribution in [0.25, 0.3) is 0 Å². The second-order valence-electron chi connectivity index (χ2n) is 4.89. The van der Waals surface area contributed by atoms with Crippen LogP contribution in [-0.2, 0) is 6.42 Å². The van der Waals surface area contributed by atoms with Crippen LogP contribution in [0.4, 0.5) is 17.2 Å². The fourth-order valence-corrected chi connectivity index (χ4v) is 2.31. The van der Waals surface area contributed by atoms with Crippen LogP contribution in [0.3, 0.4) is 0 Å². The van der Waals surface area contributed by atoms with Crippen molar-refractivity contribution in [1.29, 1.82) is 0 Å². The van der Waals surface area contributed by atoms with Gasteiger partial charge in [-0.05, 0) is 44.0 Å². The van der Waals surface area contributed by atoms with E-state index in [9.17, 15) is 0 Å². The normalized spacial score (nSPS) is 10.7. The number of nitrogens with one attached hydrogen (secondary N) is 1. The van der Waals surface area contributed by atoms with Gasteiger partial charge in [-0.15, -0.1) is 0 Å². The summed E-state index contributed by atoms with van der Waals surface area (Å²) in [7, 11) is 0. The molecule has 0 atom stereocenters. The lowest BCUT2D eigenvalue weighted by Gasteiger charge is -2.15. The number of rotatable bonds is 5. The zero-order valence-electron chi connectivity index (χ0n) is 12.4. The van der Waals surface area contributed by atoms with Gasteiger partial charge in [0, 0.05) is 10.2 Å². The molecule has 2 aromatic rings. The summed E-state index contributed by atoms with van der Waals surface area (Å²) in [6.45, 7) is 5.96. The van der Waals surface area contributed by atoms with Crippen LogP contribution in [0.1, 0.15) is 26.3 Å². The molecular weight excluding hydrogens is 332 g/mol. The van der Waals surface area contributed by atoms with Crippen molar-refractivity contribution in [3.63, 3.8) is 0 Å². The molecule has 0 bridgehead atoms. The smallest absolute Gasteiger partial charge is 0.242 e. The summed E-state index contributed by atoms with van der Waals surface area (Å²) in [4.78, 5) is 8.27. The van der Waals surface area contributed by atoms with Crippen LogP contribution < -0.4 is 15.8 Å². The molecule has 6 heteroatoms. The van der Waals surface area contributed by atoms with Crippen molar-refractivity contribution in [1.82, 2.24) is 9.97 Å². The molecule has 0 aliphatic carbocycles. The van der Waals surface area contributed by atoms with Gasteiger partial charge in [-0.25, -0.2) is 4.98 Å². The van der Waals surface area contributed by atoms with Gasteiger partial charge in [-0.3, -0.25) is 0 Å². The van der Waals surface area contributed by atoms with Crippen molar-refractivity contribution in [2.24, 2.45) is 0 Å². The molecule has 21 heavy (non-hydrogen) atoms. The van der Waals surface area contributed by atoms with Gasteiger partial charge in [0.15, 0.2) is 5.82 Å². The largest absolute Gasteiger partial charge is 0.473 e. The third kappa shape index (κ3) is 3.85. The number of ether oxygens (including phenoxy) is 1. The van der Waals surface area contributed by atoms with Crippen LogP contribution in [0.5, 0.6) is 5.88 Å². The summed E-state index contributed by atoms with van der Waals surface area (Å²) < 4.78 is 6.62. The molecule has 0 fully saturated rings. The van der Waals surface area contributed by atoms with Gasteiger partial charge in [-0.2, -0.15) is 4.98 Å². The topological polar surface area (TPSA) is 73.1 Å². The van der Waals surface area contributed by atoms with Gasteiger partial charge in [0.1, 0.15) is 12.0 Å². The lowest BCUT2D eigenvalue weighted by Crippen LogP contribution is -2.11. The predicted octanol–water partition coefficient (Wildman–Crippen LogP) is 3.91. The molecule has 3 N–H and O–H groups in total. The van der Waals surface area contributed by atoms with Crippen LogP contribution in [0, 0.1) is 0 Å². The Bertz CT molecular complexity index is 631. The van der Waals surface area contributed by atoms with E-state index in [-0.39, 0.29) is 6.10 Å². The minimum atomic E-state index is 0.00827. The predicted molar refractivity (Wildman–Crippen MR) is 89.0 cm³/mol. The molecule has 0 spiro atoms. The standard InChI is InChI=1S/C15H19BrN4O/c1-4-10-7-11(16)5-6-12(10)20-14-13(17)15(19-8-18-14)21-9(2)3/h5-9H,4,17H2,1-3H3,(H,18,19,20). The van der Waals surface area contributed by atoms with Gasteiger partial charge < -0.3 is 15.8 Å². The molecule has 0 aliphatic heterocycles. The van der Waals surface area contributed by atoms with Crippen molar-refractivity contribution in [2.45, 2.75) is 33.3 Å². The quantitative estimate of drug-likeness (QED) is 0.854. The highest BCUT2D eigenvalue weighted by Gasteiger charge is 2.12. The number of hydrogen-bond acceptors (Lipinski definition) is 5. The Balaban J connectivity index is 2.32. The van der Waals surface area contributed by atoms with Gasteiger partial charge >= 0.3 is 0 Å². The average Bonchev–Trinajstić information content (AvgIpc) is 2.44. The fraction of sp³-hybridized carbons (Fsp3) is 0.333. The minimum Gasteiger partial charge on any atom is -0.473 e. The molecule has 5 nitrogen and oxygen atoms in total. The molecule has 1 aromatic heterocycles. The molecule has 0 aliphatic rings. The molecule has 0 saturated carbocycles. The molecule has 112 valence electrons. The van der Waals surface area contributed by atoms with E-state index in [4.69, 9.17) is 10.5 Å². The van der Waals surface area contributed by atoms with E-state index < -0.39 is 0 Å². The number of nitrogens with two attached hydrogens (primary N) is 1. The Morgan fingerprint density at radius 1 is 1.33 bits per heavy atom. The number of aryl methyl sites for hydroxylation is 1. The molecule has 2 rings (SSSR count). The Morgan fingerprint density at radius 3 is 2.76 bits per heavy atom. The number of anilines is 3. The Morgan fingerprint density at radius 2 is 2.10 bits per heavy atom. The lowest BCUT2D eigenvalue weighted by molar-refractivity contribution is 0.234. The maximum absolute atomic E-state index is 6.08. The van der Waals surface area contributed by atoms with Crippen molar-refractivity contribution < 1.29 is 4.74 Å². The second kappa shape index (κ2) is 6.76.